The SMILES string of the molecule is Cc1nc(C2CCCC2)sc1C(=O)N1CCC(CCC(=O)O)C1. The summed E-state index contributed by atoms with van der Waals surface area (Å²) in [7, 11) is 0. The van der Waals surface area contributed by atoms with Crippen molar-refractivity contribution in [3.63, 3.8) is 0 Å². The second-order valence-electron chi connectivity index (χ2n) is 6.79. The summed E-state index contributed by atoms with van der Waals surface area (Å²) in [6.07, 6.45) is 6.69. The third-order valence-electron chi connectivity index (χ3n) is 5.05. The maximum atomic E-state index is 12.8. The molecule has 1 aliphatic heterocycles. The number of carboxylic acid groups (broad SMARTS) is 1. The molecule has 1 N–H and O–H groups in total. The van der Waals surface area contributed by atoms with E-state index in [1.165, 1.54) is 25.7 Å². The van der Waals surface area contributed by atoms with Gasteiger partial charge in [0.2, 0.25) is 0 Å². The Balaban J connectivity index is 1.63. The molecule has 0 radical (unpaired) electrons. The van der Waals surface area contributed by atoms with Gasteiger partial charge in [-0.3, -0.25) is 9.59 Å². The summed E-state index contributed by atoms with van der Waals surface area (Å²) in [6.45, 7) is 3.35. The van der Waals surface area contributed by atoms with Crippen molar-refractivity contribution < 1.29 is 14.7 Å². The Morgan fingerprint density at radius 2 is 2.04 bits per heavy atom. The number of rotatable bonds is 5. The zero-order valence-electron chi connectivity index (χ0n) is 13.6. The molecular formula is C17H24N2O3S. The second kappa shape index (κ2) is 6.99. The first kappa shape index (κ1) is 16.4. The molecule has 6 heteroatoms. The van der Waals surface area contributed by atoms with E-state index in [2.05, 4.69) is 4.98 Å². The molecule has 1 amide bonds. The molecule has 1 unspecified atom stereocenters. The monoisotopic (exact) mass is 336 g/mol. The fourth-order valence-corrected chi connectivity index (χ4v) is 4.89. The molecule has 2 aliphatic rings. The van der Waals surface area contributed by atoms with Crippen LogP contribution in [0.4, 0.5) is 0 Å². The highest BCUT2D eigenvalue weighted by molar-refractivity contribution is 7.13. The Bertz CT molecular complexity index is 593. The molecule has 126 valence electrons. The van der Waals surface area contributed by atoms with Crippen LogP contribution in [0.5, 0.6) is 0 Å². The lowest BCUT2D eigenvalue weighted by Crippen LogP contribution is -2.28. The van der Waals surface area contributed by atoms with E-state index in [1.54, 1.807) is 11.3 Å². The van der Waals surface area contributed by atoms with Crippen LogP contribution in [0.1, 0.15) is 71.2 Å². The third kappa shape index (κ3) is 3.74. The molecule has 1 aliphatic carbocycles. The number of amides is 1. The largest absolute Gasteiger partial charge is 0.481 e. The van der Waals surface area contributed by atoms with Crippen LogP contribution in [0.3, 0.4) is 0 Å². The van der Waals surface area contributed by atoms with Gasteiger partial charge in [-0.2, -0.15) is 0 Å². The summed E-state index contributed by atoms with van der Waals surface area (Å²) in [5.41, 5.74) is 0.857. The summed E-state index contributed by atoms with van der Waals surface area (Å²) in [4.78, 5) is 30.8. The molecular weight excluding hydrogens is 312 g/mol. The summed E-state index contributed by atoms with van der Waals surface area (Å²) >= 11 is 1.57. The number of likely N-dealkylation sites (tertiary alicyclic amines) is 1. The lowest BCUT2D eigenvalue weighted by molar-refractivity contribution is -0.137. The van der Waals surface area contributed by atoms with Crippen molar-refractivity contribution in [2.24, 2.45) is 5.92 Å². The molecule has 23 heavy (non-hydrogen) atoms. The lowest BCUT2D eigenvalue weighted by Gasteiger charge is -2.15. The minimum absolute atomic E-state index is 0.0853. The maximum Gasteiger partial charge on any atom is 0.303 e. The van der Waals surface area contributed by atoms with Gasteiger partial charge in [0, 0.05) is 25.4 Å². The Morgan fingerprint density at radius 1 is 1.30 bits per heavy atom. The Morgan fingerprint density at radius 3 is 2.74 bits per heavy atom. The van der Waals surface area contributed by atoms with Crippen LogP contribution in [-0.4, -0.2) is 40.0 Å². The Kier molecular flexibility index (Phi) is 4.99. The Labute approximate surface area is 140 Å². The molecule has 1 saturated carbocycles. The van der Waals surface area contributed by atoms with E-state index in [0.29, 0.717) is 24.8 Å². The molecule has 1 aromatic heterocycles. The highest BCUT2D eigenvalue weighted by Gasteiger charge is 2.30. The molecule has 3 rings (SSSR count). The molecule has 5 nitrogen and oxygen atoms in total. The predicted octanol–water partition coefficient (Wildman–Crippen LogP) is 3.44. The fraction of sp³-hybridized carbons (Fsp3) is 0.706. The van der Waals surface area contributed by atoms with Gasteiger partial charge in [-0.05, 0) is 38.5 Å². The van der Waals surface area contributed by atoms with Gasteiger partial charge in [0.05, 0.1) is 10.7 Å². The van der Waals surface area contributed by atoms with Crippen LogP contribution >= 0.6 is 11.3 Å². The lowest BCUT2D eigenvalue weighted by atomic mass is 10.0. The molecule has 2 heterocycles. The number of carbonyl (C=O) groups excluding carboxylic acids is 1. The minimum atomic E-state index is -0.755. The highest BCUT2D eigenvalue weighted by Crippen LogP contribution is 2.37. The van der Waals surface area contributed by atoms with E-state index < -0.39 is 5.97 Å². The van der Waals surface area contributed by atoms with Crippen molar-refractivity contribution in [2.45, 2.75) is 57.8 Å². The number of aryl methyl sites for hydroxylation is 1. The second-order valence-corrected chi connectivity index (χ2v) is 7.82. The average molecular weight is 336 g/mol. The van der Waals surface area contributed by atoms with Crippen molar-refractivity contribution in [1.29, 1.82) is 0 Å². The van der Waals surface area contributed by atoms with Crippen LogP contribution in [0.15, 0.2) is 0 Å². The number of aromatic nitrogens is 1. The molecule has 0 aromatic carbocycles. The molecule has 0 spiro atoms. The highest BCUT2D eigenvalue weighted by atomic mass is 32.1. The average Bonchev–Trinajstić information content (AvgIpc) is 3.24. The van der Waals surface area contributed by atoms with Gasteiger partial charge in [-0.15, -0.1) is 11.3 Å². The molecule has 1 aromatic rings. The van der Waals surface area contributed by atoms with Gasteiger partial charge in [0.1, 0.15) is 4.88 Å². The van der Waals surface area contributed by atoms with Crippen molar-refractivity contribution in [3.8, 4) is 0 Å². The van der Waals surface area contributed by atoms with Crippen LogP contribution < -0.4 is 0 Å². The van der Waals surface area contributed by atoms with Crippen LogP contribution in [0.25, 0.3) is 0 Å². The topological polar surface area (TPSA) is 70.5 Å². The summed E-state index contributed by atoms with van der Waals surface area (Å²) in [5, 5.41) is 9.91. The van der Waals surface area contributed by atoms with Gasteiger partial charge in [0.15, 0.2) is 0 Å². The maximum absolute atomic E-state index is 12.8. The van der Waals surface area contributed by atoms with Crippen LogP contribution in [-0.2, 0) is 4.79 Å². The standard InChI is InChI=1S/C17H24N2O3S/c1-11-15(23-16(18-11)13-4-2-3-5-13)17(22)19-9-8-12(10-19)6-7-14(20)21/h12-13H,2-10H2,1H3,(H,20,21). The number of carbonyl (C=O) groups is 2. The number of thiazole rings is 1. The van der Waals surface area contributed by atoms with Crippen molar-refractivity contribution in [1.82, 2.24) is 9.88 Å². The molecule has 0 bridgehead atoms. The first-order valence-electron chi connectivity index (χ1n) is 8.53. The summed E-state index contributed by atoms with van der Waals surface area (Å²) in [5.74, 6) is 0.191. The fourth-order valence-electron chi connectivity index (χ4n) is 3.69. The predicted molar refractivity (Wildman–Crippen MR) is 88.9 cm³/mol. The van der Waals surface area contributed by atoms with E-state index in [1.807, 2.05) is 11.8 Å². The molecule has 1 atom stereocenters. The van der Waals surface area contributed by atoms with Crippen LogP contribution in [0.2, 0.25) is 0 Å². The van der Waals surface area contributed by atoms with Gasteiger partial charge < -0.3 is 10.0 Å². The number of aliphatic carboxylic acids is 1. The smallest absolute Gasteiger partial charge is 0.303 e. The van der Waals surface area contributed by atoms with Crippen molar-refractivity contribution >= 4 is 23.2 Å². The number of carboxylic acids is 1. The summed E-state index contributed by atoms with van der Waals surface area (Å²) in [6, 6.07) is 0. The van der Waals surface area contributed by atoms with Gasteiger partial charge in [-0.25, -0.2) is 4.98 Å². The number of nitrogens with zero attached hydrogens (tertiary/aromatic N) is 2. The number of hydrogen-bond acceptors (Lipinski definition) is 4. The zero-order valence-corrected chi connectivity index (χ0v) is 14.4. The van der Waals surface area contributed by atoms with E-state index in [4.69, 9.17) is 5.11 Å². The zero-order chi connectivity index (χ0) is 16.4. The Hall–Kier alpha value is -1.43. The van der Waals surface area contributed by atoms with Crippen LogP contribution in [0, 0.1) is 12.8 Å². The molecule has 1 saturated heterocycles. The quantitative estimate of drug-likeness (QED) is 0.894. The first-order valence-corrected chi connectivity index (χ1v) is 9.34. The normalized spacial score (nSPS) is 22.0. The third-order valence-corrected chi connectivity index (χ3v) is 6.36. The van der Waals surface area contributed by atoms with E-state index in [9.17, 15) is 9.59 Å². The van der Waals surface area contributed by atoms with Gasteiger partial charge in [0.25, 0.3) is 5.91 Å². The molecule has 2 fully saturated rings. The van der Waals surface area contributed by atoms with Gasteiger partial charge >= 0.3 is 5.97 Å². The van der Waals surface area contributed by atoms with Crippen molar-refractivity contribution in [2.75, 3.05) is 13.1 Å². The minimum Gasteiger partial charge on any atom is -0.481 e. The van der Waals surface area contributed by atoms with Crippen molar-refractivity contribution in [3.05, 3.63) is 15.6 Å². The number of hydrogen-bond donors (Lipinski definition) is 1. The van der Waals surface area contributed by atoms with E-state index >= 15 is 0 Å². The van der Waals surface area contributed by atoms with E-state index in [-0.39, 0.29) is 12.3 Å². The van der Waals surface area contributed by atoms with Gasteiger partial charge in [-0.1, -0.05) is 12.8 Å². The van der Waals surface area contributed by atoms with E-state index in [0.717, 1.165) is 28.5 Å². The summed E-state index contributed by atoms with van der Waals surface area (Å²) < 4.78 is 0. The first-order chi connectivity index (χ1) is 11.0.